The Hall–Kier alpha value is -1.96. The Kier molecular flexibility index (Phi) is 6.09. The molecule has 128 valence electrons. The average Bonchev–Trinajstić information content (AvgIpc) is 2.57. The van der Waals surface area contributed by atoms with Gasteiger partial charge in [0, 0.05) is 46.4 Å². The van der Waals surface area contributed by atoms with Crippen LogP contribution < -0.4 is 10.2 Å². The zero-order valence-electron chi connectivity index (χ0n) is 12.9. The second-order valence-electron chi connectivity index (χ2n) is 5.25. The zero-order valence-corrected chi connectivity index (χ0v) is 12.9. The Morgan fingerprint density at radius 1 is 1.17 bits per heavy atom. The number of benzene rings is 1. The number of hydrogen-bond donors (Lipinski definition) is 1. The Bertz CT molecular complexity index is 549. The highest BCUT2D eigenvalue weighted by molar-refractivity contribution is 5.74. The maximum Gasteiger partial charge on any atom is 0.317 e. The number of carbonyl (C=O) groups is 1. The van der Waals surface area contributed by atoms with E-state index >= 15 is 0 Å². The molecule has 1 aromatic rings. The number of carbonyl (C=O) groups excluding carboxylic acids is 1. The fourth-order valence-electron chi connectivity index (χ4n) is 2.43. The van der Waals surface area contributed by atoms with E-state index in [9.17, 15) is 18.0 Å². The first-order valence-electron chi connectivity index (χ1n) is 7.44. The number of piperazine rings is 1. The molecule has 0 saturated carbocycles. The van der Waals surface area contributed by atoms with Crippen molar-refractivity contribution in [3.8, 4) is 0 Å². The highest BCUT2D eigenvalue weighted by Crippen LogP contribution is 2.24. The molecule has 0 radical (unpaired) electrons. The number of amides is 2. The molecule has 1 fully saturated rings. The molecule has 1 aliphatic rings. The third-order valence-corrected chi connectivity index (χ3v) is 3.72. The van der Waals surface area contributed by atoms with E-state index in [0.717, 1.165) is 12.5 Å². The molecule has 1 saturated heterocycles. The van der Waals surface area contributed by atoms with Gasteiger partial charge in [-0.1, -0.05) is 0 Å². The molecule has 0 unspecified atom stereocenters. The van der Waals surface area contributed by atoms with Crippen LogP contribution in [0.4, 0.5) is 23.7 Å². The van der Waals surface area contributed by atoms with E-state index in [-0.39, 0.29) is 11.7 Å². The summed E-state index contributed by atoms with van der Waals surface area (Å²) in [6, 6.07) is 1.93. The van der Waals surface area contributed by atoms with E-state index in [1.807, 2.05) is 0 Å². The van der Waals surface area contributed by atoms with Gasteiger partial charge in [-0.3, -0.25) is 0 Å². The van der Waals surface area contributed by atoms with Crippen molar-refractivity contribution in [3.05, 3.63) is 29.6 Å². The van der Waals surface area contributed by atoms with Gasteiger partial charge in [0.05, 0.1) is 5.69 Å². The van der Waals surface area contributed by atoms with Gasteiger partial charge >= 0.3 is 6.03 Å². The normalized spacial score (nSPS) is 15.0. The molecule has 1 heterocycles. The Morgan fingerprint density at radius 3 is 2.52 bits per heavy atom. The van der Waals surface area contributed by atoms with Crippen molar-refractivity contribution in [3.63, 3.8) is 0 Å². The number of urea groups is 1. The first-order valence-corrected chi connectivity index (χ1v) is 7.44. The van der Waals surface area contributed by atoms with Gasteiger partial charge in [0.15, 0.2) is 17.5 Å². The summed E-state index contributed by atoms with van der Waals surface area (Å²) in [7, 11) is 1.60. The van der Waals surface area contributed by atoms with Crippen molar-refractivity contribution < 1.29 is 22.7 Å². The molecule has 1 N–H and O–H groups in total. The quantitative estimate of drug-likeness (QED) is 0.663. The van der Waals surface area contributed by atoms with Gasteiger partial charge in [-0.25, -0.2) is 18.0 Å². The summed E-state index contributed by atoms with van der Waals surface area (Å²) in [5.74, 6) is -3.87. The number of ether oxygens (including phenoxy) is 1. The largest absolute Gasteiger partial charge is 0.385 e. The fourth-order valence-corrected chi connectivity index (χ4v) is 2.43. The van der Waals surface area contributed by atoms with Crippen LogP contribution in [0, 0.1) is 17.5 Å². The predicted octanol–water partition coefficient (Wildman–Crippen LogP) is 1.97. The maximum atomic E-state index is 13.8. The molecule has 8 heteroatoms. The number of anilines is 1. The summed E-state index contributed by atoms with van der Waals surface area (Å²) in [5, 5.41) is 2.77. The van der Waals surface area contributed by atoms with Gasteiger partial charge in [0.2, 0.25) is 0 Å². The maximum absolute atomic E-state index is 13.8. The van der Waals surface area contributed by atoms with Gasteiger partial charge in [-0.05, 0) is 18.6 Å². The van der Waals surface area contributed by atoms with Crippen molar-refractivity contribution in [2.75, 3.05) is 51.3 Å². The lowest BCUT2D eigenvalue weighted by atomic mass is 10.2. The lowest BCUT2D eigenvalue weighted by Gasteiger charge is -2.36. The average molecular weight is 331 g/mol. The minimum Gasteiger partial charge on any atom is -0.385 e. The second-order valence-corrected chi connectivity index (χ2v) is 5.25. The van der Waals surface area contributed by atoms with Gasteiger partial charge in [-0.15, -0.1) is 0 Å². The van der Waals surface area contributed by atoms with Crippen molar-refractivity contribution in [1.29, 1.82) is 0 Å². The van der Waals surface area contributed by atoms with Crippen LogP contribution in [0.25, 0.3) is 0 Å². The summed E-state index contributed by atoms with van der Waals surface area (Å²) in [5.41, 5.74) is 0.0176. The molecule has 1 aliphatic heterocycles. The monoisotopic (exact) mass is 331 g/mol. The third-order valence-electron chi connectivity index (χ3n) is 3.72. The smallest absolute Gasteiger partial charge is 0.317 e. The van der Waals surface area contributed by atoms with E-state index in [1.165, 1.54) is 6.07 Å². The summed E-state index contributed by atoms with van der Waals surface area (Å²) >= 11 is 0. The molecule has 0 aliphatic carbocycles. The summed E-state index contributed by atoms with van der Waals surface area (Å²) < 4.78 is 44.9. The van der Waals surface area contributed by atoms with Gasteiger partial charge in [-0.2, -0.15) is 0 Å². The van der Waals surface area contributed by atoms with E-state index in [2.05, 4.69) is 5.32 Å². The number of halogens is 3. The van der Waals surface area contributed by atoms with Crippen LogP contribution >= 0.6 is 0 Å². The Morgan fingerprint density at radius 2 is 1.87 bits per heavy atom. The zero-order chi connectivity index (χ0) is 16.8. The van der Waals surface area contributed by atoms with Crippen molar-refractivity contribution in [2.24, 2.45) is 0 Å². The van der Waals surface area contributed by atoms with E-state index in [0.29, 0.717) is 39.3 Å². The van der Waals surface area contributed by atoms with Crippen LogP contribution in [0.1, 0.15) is 6.42 Å². The van der Waals surface area contributed by atoms with Crippen LogP contribution in [0.3, 0.4) is 0 Å². The predicted molar refractivity (Wildman–Crippen MR) is 80.0 cm³/mol. The first-order chi connectivity index (χ1) is 11.0. The number of hydrogen-bond acceptors (Lipinski definition) is 3. The molecule has 23 heavy (non-hydrogen) atoms. The number of rotatable bonds is 5. The van der Waals surface area contributed by atoms with E-state index in [4.69, 9.17) is 4.74 Å². The van der Waals surface area contributed by atoms with Crippen LogP contribution in [-0.4, -0.2) is 57.4 Å². The van der Waals surface area contributed by atoms with Crippen LogP contribution in [0.5, 0.6) is 0 Å². The first kappa shape index (κ1) is 17.4. The van der Waals surface area contributed by atoms with Gasteiger partial charge in [0.1, 0.15) is 0 Å². The number of methoxy groups -OCH3 is 1. The summed E-state index contributed by atoms with van der Waals surface area (Å²) in [6.07, 6.45) is 0.724. The van der Waals surface area contributed by atoms with Crippen molar-refractivity contribution in [2.45, 2.75) is 6.42 Å². The number of nitrogens with zero attached hydrogens (tertiary/aromatic N) is 2. The van der Waals surface area contributed by atoms with Crippen LogP contribution in [0.2, 0.25) is 0 Å². The molecule has 0 atom stereocenters. The highest BCUT2D eigenvalue weighted by atomic mass is 19.2. The molecular weight excluding hydrogens is 311 g/mol. The minimum atomic E-state index is -1.47. The third kappa shape index (κ3) is 4.28. The molecule has 5 nitrogen and oxygen atoms in total. The van der Waals surface area contributed by atoms with E-state index < -0.39 is 17.5 Å². The highest BCUT2D eigenvalue weighted by Gasteiger charge is 2.24. The Balaban J connectivity index is 1.86. The van der Waals surface area contributed by atoms with Crippen molar-refractivity contribution >= 4 is 11.7 Å². The lowest BCUT2D eigenvalue weighted by Crippen LogP contribution is -2.52. The van der Waals surface area contributed by atoms with Gasteiger partial charge in [0.25, 0.3) is 0 Å². The molecular formula is C15H20F3N3O2. The van der Waals surface area contributed by atoms with Crippen LogP contribution in [-0.2, 0) is 4.74 Å². The summed E-state index contributed by atoms with van der Waals surface area (Å²) in [6.45, 7) is 2.57. The minimum absolute atomic E-state index is 0.0176. The van der Waals surface area contributed by atoms with Crippen molar-refractivity contribution in [1.82, 2.24) is 10.2 Å². The van der Waals surface area contributed by atoms with Gasteiger partial charge < -0.3 is 19.9 Å². The number of nitrogens with one attached hydrogen (secondary N) is 1. The summed E-state index contributed by atoms with van der Waals surface area (Å²) in [4.78, 5) is 15.2. The fraction of sp³-hybridized carbons (Fsp3) is 0.533. The lowest BCUT2D eigenvalue weighted by molar-refractivity contribution is 0.183. The standard InChI is InChI=1S/C15H20F3N3O2/c1-23-10-2-5-19-15(22)21-8-6-20(7-9-21)12-4-3-11(16)13(17)14(12)18/h3-4H,2,5-10H2,1H3,(H,19,22). The van der Waals surface area contributed by atoms with Crippen LogP contribution in [0.15, 0.2) is 12.1 Å². The SMILES string of the molecule is COCCCNC(=O)N1CCN(c2ccc(F)c(F)c2F)CC1. The molecule has 0 bridgehead atoms. The van der Waals surface area contributed by atoms with E-state index in [1.54, 1.807) is 16.9 Å². The molecule has 2 amide bonds. The Labute approximate surface area is 133 Å². The molecule has 0 spiro atoms. The second kappa shape index (κ2) is 8.05. The molecule has 2 rings (SSSR count). The topological polar surface area (TPSA) is 44.8 Å². The molecule has 1 aromatic carbocycles. The molecule has 0 aromatic heterocycles.